The van der Waals surface area contributed by atoms with Gasteiger partial charge in [-0.2, -0.15) is 0 Å². The molecule has 0 aliphatic heterocycles. The Morgan fingerprint density at radius 2 is 1.83 bits per heavy atom. The molecular weight excluding hydrogens is 400 g/mol. The van der Waals surface area contributed by atoms with Crippen LogP contribution >= 0.6 is 11.6 Å². The van der Waals surface area contributed by atoms with Crippen LogP contribution in [0.4, 0.5) is 5.69 Å². The maximum Gasteiger partial charge on any atom is 0.255 e. The number of nitrogens with one attached hydrogen (secondary N) is 1. The molecule has 2 unspecified atom stereocenters. The van der Waals surface area contributed by atoms with Crippen molar-refractivity contribution in [2.75, 3.05) is 5.32 Å². The first-order valence-corrected chi connectivity index (χ1v) is 11.0. The van der Waals surface area contributed by atoms with Gasteiger partial charge in [0, 0.05) is 53.2 Å². The Morgan fingerprint density at radius 3 is 2.53 bits per heavy atom. The number of rotatable bonds is 6. The second-order valence-electron chi connectivity index (χ2n) is 8.25. The van der Waals surface area contributed by atoms with Gasteiger partial charge in [-0.3, -0.25) is 14.6 Å². The molecule has 2 saturated carbocycles. The third-order valence-electron chi connectivity index (χ3n) is 5.98. The topological polar surface area (TPSA) is 88.3 Å². The van der Waals surface area contributed by atoms with E-state index in [0.29, 0.717) is 22.8 Å². The summed E-state index contributed by atoms with van der Waals surface area (Å²) in [5.74, 6) is 0.0815. The van der Waals surface area contributed by atoms with Crippen LogP contribution in [0.25, 0.3) is 0 Å². The van der Waals surface area contributed by atoms with Crippen LogP contribution in [0.15, 0.2) is 42.7 Å². The van der Waals surface area contributed by atoms with Crippen molar-refractivity contribution in [1.29, 1.82) is 0 Å². The van der Waals surface area contributed by atoms with Crippen molar-refractivity contribution in [3.63, 3.8) is 0 Å². The van der Waals surface area contributed by atoms with Crippen LogP contribution in [0.1, 0.15) is 54.4 Å². The number of amides is 2. The SMILES string of the molecule is NC1CCCCC1N(Cc1cc(NC(=O)c2ccncc2)ccc1Cl)C(=O)C1CC1. The third kappa shape index (κ3) is 4.82. The lowest BCUT2D eigenvalue weighted by Gasteiger charge is -2.39. The molecule has 2 aliphatic rings. The van der Waals surface area contributed by atoms with E-state index < -0.39 is 0 Å². The Kier molecular flexibility index (Phi) is 6.35. The van der Waals surface area contributed by atoms with E-state index in [4.69, 9.17) is 17.3 Å². The van der Waals surface area contributed by atoms with E-state index in [9.17, 15) is 9.59 Å². The Hall–Kier alpha value is -2.44. The molecule has 30 heavy (non-hydrogen) atoms. The van der Waals surface area contributed by atoms with Gasteiger partial charge in [-0.15, -0.1) is 0 Å². The predicted molar refractivity (Wildman–Crippen MR) is 117 cm³/mol. The van der Waals surface area contributed by atoms with E-state index in [1.54, 1.807) is 36.7 Å². The van der Waals surface area contributed by atoms with Crippen LogP contribution in [0.2, 0.25) is 5.02 Å². The highest BCUT2D eigenvalue weighted by Gasteiger charge is 2.38. The number of halogens is 1. The first kappa shape index (κ1) is 20.8. The zero-order valence-electron chi connectivity index (χ0n) is 16.9. The molecule has 2 amide bonds. The normalized spacial score (nSPS) is 21.1. The van der Waals surface area contributed by atoms with Crippen LogP contribution < -0.4 is 11.1 Å². The van der Waals surface area contributed by atoms with Gasteiger partial charge in [0.05, 0.1) is 0 Å². The molecule has 0 radical (unpaired) electrons. The molecule has 0 spiro atoms. The molecule has 0 saturated heterocycles. The number of anilines is 1. The van der Waals surface area contributed by atoms with Crippen LogP contribution in [-0.2, 0) is 11.3 Å². The standard InChI is InChI=1S/C23H27ClN4O2/c24-19-8-7-18(27-22(29)15-9-11-26-12-10-15)13-17(19)14-28(23(30)16-5-6-16)21-4-2-1-3-20(21)25/h7-13,16,20-21H,1-6,14,25H2,(H,27,29). The van der Waals surface area contributed by atoms with E-state index >= 15 is 0 Å². The number of nitrogens with zero attached hydrogens (tertiary/aromatic N) is 2. The van der Waals surface area contributed by atoms with Crippen LogP contribution in [-0.4, -0.2) is 33.8 Å². The summed E-state index contributed by atoms with van der Waals surface area (Å²) in [6, 6.07) is 8.74. The summed E-state index contributed by atoms with van der Waals surface area (Å²) in [4.78, 5) is 31.4. The summed E-state index contributed by atoms with van der Waals surface area (Å²) in [6.45, 7) is 0.408. The number of benzene rings is 1. The summed E-state index contributed by atoms with van der Waals surface area (Å²) >= 11 is 6.48. The fourth-order valence-corrected chi connectivity index (χ4v) is 4.29. The zero-order valence-corrected chi connectivity index (χ0v) is 17.6. The number of hydrogen-bond acceptors (Lipinski definition) is 4. The summed E-state index contributed by atoms with van der Waals surface area (Å²) in [5, 5.41) is 3.48. The third-order valence-corrected chi connectivity index (χ3v) is 6.35. The van der Waals surface area contributed by atoms with Crippen molar-refractivity contribution in [3.05, 3.63) is 58.9 Å². The lowest BCUT2D eigenvalue weighted by Crippen LogP contribution is -2.52. The minimum Gasteiger partial charge on any atom is -0.334 e. The monoisotopic (exact) mass is 426 g/mol. The van der Waals surface area contributed by atoms with Gasteiger partial charge in [0.2, 0.25) is 5.91 Å². The molecule has 2 atom stereocenters. The molecule has 1 aromatic carbocycles. The largest absolute Gasteiger partial charge is 0.334 e. The molecule has 158 valence electrons. The van der Waals surface area contributed by atoms with Gasteiger partial charge in [-0.25, -0.2) is 0 Å². The lowest BCUT2D eigenvalue weighted by atomic mass is 9.89. The lowest BCUT2D eigenvalue weighted by molar-refractivity contribution is -0.136. The predicted octanol–water partition coefficient (Wildman–Crippen LogP) is 4.00. The van der Waals surface area contributed by atoms with Gasteiger partial charge in [-0.05, 0) is 61.6 Å². The van der Waals surface area contributed by atoms with Crippen LogP contribution in [0.3, 0.4) is 0 Å². The highest BCUT2D eigenvalue weighted by molar-refractivity contribution is 6.31. The average Bonchev–Trinajstić information content (AvgIpc) is 3.60. The molecule has 6 nitrogen and oxygen atoms in total. The maximum absolute atomic E-state index is 13.1. The average molecular weight is 427 g/mol. The van der Waals surface area contributed by atoms with Gasteiger partial charge < -0.3 is 16.0 Å². The van der Waals surface area contributed by atoms with E-state index in [1.807, 2.05) is 11.0 Å². The van der Waals surface area contributed by atoms with Gasteiger partial charge in [0.15, 0.2) is 0 Å². The Morgan fingerprint density at radius 1 is 1.10 bits per heavy atom. The minimum atomic E-state index is -0.217. The second-order valence-corrected chi connectivity index (χ2v) is 8.66. The summed E-state index contributed by atoms with van der Waals surface area (Å²) < 4.78 is 0. The molecule has 7 heteroatoms. The number of nitrogens with two attached hydrogens (primary N) is 1. The van der Waals surface area contributed by atoms with Crippen molar-refractivity contribution in [2.24, 2.45) is 11.7 Å². The van der Waals surface area contributed by atoms with E-state index in [1.165, 1.54) is 0 Å². The van der Waals surface area contributed by atoms with Crippen LogP contribution in [0, 0.1) is 5.92 Å². The van der Waals surface area contributed by atoms with Crippen molar-refractivity contribution in [2.45, 2.75) is 57.2 Å². The van der Waals surface area contributed by atoms with Crippen molar-refractivity contribution in [3.8, 4) is 0 Å². The quantitative estimate of drug-likeness (QED) is 0.730. The summed E-state index contributed by atoms with van der Waals surface area (Å²) in [5.41, 5.74) is 8.39. The first-order valence-electron chi connectivity index (χ1n) is 10.6. The van der Waals surface area contributed by atoms with Crippen LogP contribution in [0.5, 0.6) is 0 Å². The molecule has 2 aliphatic carbocycles. The second kappa shape index (κ2) is 9.14. The Bertz CT molecular complexity index is 917. The number of aromatic nitrogens is 1. The summed E-state index contributed by atoms with van der Waals surface area (Å²) in [7, 11) is 0. The maximum atomic E-state index is 13.1. The molecule has 2 fully saturated rings. The number of pyridine rings is 1. The van der Waals surface area contributed by atoms with Gasteiger partial charge in [0.25, 0.3) is 5.91 Å². The van der Waals surface area contributed by atoms with Crippen molar-refractivity contribution >= 4 is 29.1 Å². The molecule has 0 bridgehead atoms. The molecule has 3 N–H and O–H groups in total. The summed E-state index contributed by atoms with van der Waals surface area (Å²) in [6.07, 6.45) is 9.13. The number of carbonyl (C=O) groups is 2. The highest BCUT2D eigenvalue weighted by Crippen LogP contribution is 2.35. The number of hydrogen-bond donors (Lipinski definition) is 2. The van der Waals surface area contributed by atoms with Crippen molar-refractivity contribution < 1.29 is 9.59 Å². The Balaban J connectivity index is 1.54. The smallest absolute Gasteiger partial charge is 0.255 e. The fraction of sp³-hybridized carbons (Fsp3) is 0.435. The van der Waals surface area contributed by atoms with E-state index in [2.05, 4.69) is 10.3 Å². The molecule has 4 rings (SSSR count). The molecule has 1 heterocycles. The zero-order chi connectivity index (χ0) is 21.1. The first-order chi connectivity index (χ1) is 14.5. The molecule has 1 aromatic heterocycles. The fourth-order valence-electron chi connectivity index (χ4n) is 4.11. The van der Waals surface area contributed by atoms with Gasteiger partial charge >= 0.3 is 0 Å². The van der Waals surface area contributed by atoms with Crippen molar-refractivity contribution in [1.82, 2.24) is 9.88 Å². The van der Waals surface area contributed by atoms with Gasteiger partial charge in [0.1, 0.15) is 0 Å². The van der Waals surface area contributed by atoms with Gasteiger partial charge in [-0.1, -0.05) is 24.4 Å². The highest BCUT2D eigenvalue weighted by atomic mass is 35.5. The molecular formula is C23H27ClN4O2. The minimum absolute atomic E-state index is 0.00481. The number of carbonyl (C=O) groups excluding carboxylic acids is 2. The molecule has 2 aromatic rings. The van der Waals surface area contributed by atoms with E-state index in [-0.39, 0.29) is 29.8 Å². The van der Waals surface area contributed by atoms with E-state index in [0.717, 1.165) is 44.1 Å². The Labute approximate surface area is 181 Å².